The Morgan fingerprint density at radius 1 is 0.471 bits per heavy atom. The molecule has 0 amide bonds. The molecule has 101 valence electrons. The van der Waals surface area contributed by atoms with Crippen molar-refractivity contribution in [1.82, 2.24) is 0 Å². The molecule has 0 unspecified atom stereocenters. The minimum Gasteiger partial charge on any atom is -0.759 e. The number of hydrogen-bond donors (Lipinski definition) is 0. The Kier molecular flexibility index (Phi) is 21.4. The fourth-order valence-electron chi connectivity index (χ4n) is 0. The van der Waals surface area contributed by atoms with Crippen molar-refractivity contribution in [1.29, 1.82) is 0 Å². The van der Waals surface area contributed by atoms with Crippen molar-refractivity contribution in [3.05, 3.63) is 0 Å². The van der Waals surface area contributed by atoms with E-state index >= 15 is 0 Å². The van der Waals surface area contributed by atoms with E-state index in [1.165, 1.54) is 0 Å². The molecule has 0 saturated heterocycles. The molecule has 17 heteroatoms. The Morgan fingerprint density at radius 3 is 0.471 bits per heavy atom. The molecule has 0 saturated carbocycles. The maximum atomic E-state index is 8.52. The van der Waals surface area contributed by atoms with E-state index in [0.717, 1.165) is 0 Å². The second kappa shape index (κ2) is 11.9. The Morgan fingerprint density at radius 2 is 0.471 bits per heavy atom. The molecule has 0 aromatic rings. The van der Waals surface area contributed by atoms with Crippen LogP contribution in [0.5, 0.6) is 0 Å². The summed E-state index contributed by atoms with van der Waals surface area (Å²) >= 11 is 0. The zero-order chi connectivity index (χ0) is 13.5. The summed E-state index contributed by atoms with van der Waals surface area (Å²) < 4.78 is 102. The van der Waals surface area contributed by atoms with E-state index in [9.17, 15) is 0 Å². The molecule has 0 aromatic carbocycles. The van der Waals surface area contributed by atoms with Gasteiger partial charge >= 0.3 is 18.9 Å². The van der Waals surface area contributed by atoms with Crippen LogP contribution in [0.3, 0.4) is 0 Å². The molecule has 17 heavy (non-hydrogen) atoms. The Bertz CT molecular complexity index is 343. The molecule has 0 aliphatic heterocycles. The topological polar surface area (TPSA) is 241 Å². The summed E-state index contributed by atoms with van der Waals surface area (Å²) in [7, 11) is -15.5. The van der Waals surface area contributed by atoms with Crippen molar-refractivity contribution < 1.29 is 90.0 Å². The van der Waals surface area contributed by atoms with Crippen LogP contribution in [0.1, 0.15) is 0 Å². The SMILES string of the molecule is O=S(=O)([O-])[O-].O=S(=O)([O-])[O-].O=S(=O)([O-])[O-].[Li+].[V]. The van der Waals surface area contributed by atoms with Crippen molar-refractivity contribution in [3.63, 3.8) is 0 Å². The largest absolute Gasteiger partial charge is 1.00 e. The van der Waals surface area contributed by atoms with Gasteiger partial charge in [-0.25, -0.2) is 0 Å². The van der Waals surface area contributed by atoms with Gasteiger partial charge in [-0.15, -0.1) is 0 Å². The molecule has 0 aliphatic rings. The molecule has 0 bridgehead atoms. The molecule has 0 aliphatic carbocycles. The molecule has 0 atom stereocenters. The monoisotopic (exact) mass is 346 g/mol. The molecule has 12 nitrogen and oxygen atoms in total. The number of hydrogen-bond acceptors (Lipinski definition) is 12. The predicted octanol–water partition coefficient (Wildman–Crippen LogP) is -7.01. The first-order valence-corrected chi connectivity index (χ1v) is 6.00. The van der Waals surface area contributed by atoms with Crippen molar-refractivity contribution in [2.75, 3.05) is 0 Å². The van der Waals surface area contributed by atoms with Crippen molar-refractivity contribution in [2.24, 2.45) is 0 Å². The first-order valence-electron chi connectivity index (χ1n) is 2.00. The summed E-state index contributed by atoms with van der Waals surface area (Å²) in [5.41, 5.74) is 0. The van der Waals surface area contributed by atoms with Crippen LogP contribution in [0.15, 0.2) is 0 Å². The standard InChI is InChI=1S/Li.3H2O4S.V/c;3*1-5(2,3)4;/h;3*(H2,1,2,3,4);/q+1;;;;/p-6. The minimum atomic E-state index is -5.17. The van der Waals surface area contributed by atoms with Crippen molar-refractivity contribution in [3.8, 4) is 0 Å². The van der Waals surface area contributed by atoms with Gasteiger partial charge in [0.05, 0.1) is 0 Å². The fraction of sp³-hybridized carbons (Fsp3) is 0. The first-order chi connectivity index (χ1) is 6.00. The predicted molar refractivity (Wildman–Crippen MR) is 31.4 cm³/mol. The molecule has 0 N–H and O–H groups in total. The normalized spacial score (nSPS) is 10.2. The average Bonchev–Trinajstić information content (AvgIpc) is 1.41. The van der Waals surface area contributed by atoms with Gasteiger partial charge in [-0.05, 0) is 0 Å². The van der Waals surface area contributed by atoms with Gasteiger partial charge < -0.3 is 27.3 Å². The summed E-state index contributed by atoms with van der Waals surface area (Å²) in [6.45, 7) is 0. The zero-order valence-corrected chi connectivity index (χ0v) is 11.4. The van der Waals surface area contributed by atoms with Gasteiger partial charge in [-0.3, -0.25) is 25.3 Å². The van der Waals surface area contributed by atoms with Crippen LogP contribution in [0.4, 0.5) is 0 Å². The smallest absolute Gasteiger partial charge is 0.759 e. The van der Waals surface area contributed by atoms with Gasteiger partial charge in [-0.1, -0.05) is 0 Å². The third-order valence-corrected chi connectivity index (χ3v) is 0. The van der Waals surface area contributed by atoms with E-state index in [2.05, 4.69) is 0 Å². The summed E-state index contributed by atoms with van der Waals surface area (Å²) in [6.07, 6.45) is 0. The second-order valence-electron chi connectivity index (χ2n) is 1.22. The molecule has 0 rings (SSSR count). The fourth-order valence-corrected chi connectivity index (χ4v) is 0. The van der Waals surface area contributed by atoms with E-state index in [0.29, 0.717) is 0 Å². The van der Waals surface area contributed by atoms with E-state index in [1.54, 1.807) is 0 Å². The third-order valence-electron chi connectivity index (χ3n) is 0. The van der Waals surface area contributed by atoms with Crippen LogP contribution in [0.2, 0.25) is 0 Å². The Labute approximate surface area is 121 Å². The third kappa shape index (κ3) is 5860. The van der Waals surface area contributed by atoms with E-state index < -0.39 is 31.2 Å². The summed E-state index contributed by atoms with van der Waals surface area (Å²) in [5, 5.41) is 0. The molecule has 0 aromatic heterocycles. The van der Waals surface area contributed by atoms with Gasteiger partial charge in [0, 0.05) is 49.8 Å². The maximum absolute atomic E-state index is 8.52. The van der Waals surface area contributed by atoms with Crippen LogP contribution in [0.25, 0.3) is 0 Å². The minimum absolute atomic E-state index is 0. The van der Waals surface area contributed by atoms with Crippen LogP contribution < -0.4 is 18.9 Å². The number of rotatable bonds is 0. The molecule has 1 radical (unpaired) electrons. The van der Waals surface area contributed by atoms with Gasteiger partial charge in [-0.2, -0.15) is 0 Å². The molecule has 0 fully saturated rings. The molecular weight excluding hydrogens is 346 g/mol. The van der Waals surface area contributed by atoms with Gasteiger partial charge in [0.2, 0.25) is 0 Å². The molecular formula is LiO12S3V-5. The van der Waals surface area contributed by atoms with Crippen LogP contribution in [0, 0.1) is 0 Å². The second-order valence-corrected chi connectivity index (χ2v) is 3.67. The van der Waals surface area contributed by atoms with Crippen molar-refractivity contribution >= 4 is 31.2 Å². The summed E-state index contributed by atoms with van der Waals surface area (Å²) in [6, 6.07) is 0. The molecule has 0 heterocycles. The van der Waals surface area contributed by atoms with Crippen LogP contribution in [-0.2, 0) is 49.8 Å². The van der Waals surface area contributed by atoms with E-state index in [4.69, 9.17) is 52.6 Å². The van der Waals surface area contributed by atoms with E-state index in [1.807, 2.05) is 0 Å². The van der Waals surface area contributed by atoms with Gasteiger partial charge in [0.1, 0.15) is 0 Å². The maximum Gasteiger partial charge on any atom is 1.00 e. The van der Waals surface area contributed by atoms with Crippen LogP contribution >= 0.6 is 0 Å². The van der Waals surface area contributed by atoms with Gasteiger partial charge in [0.15, 0.2) is 0 Å². The zero-order valence-electron chi connectivity index (χ0n) is 7.57. The summed E-state index contributed by atoms with van der Waals surface area (Å²) in [4.78, 5) is 0. The van der Waals surface area contributed by atoms with Crippen molar-refractivity contribution in [2.45, 2.75) is 0 Å². The molecule has 0 spiro atoms. The Balaban J connectivity index is -0.0000000400. The van der Waals surface area contributed by atoms with Gasteiger partial charge in [0.25, 0.3) is 0 Å². The van der Waals surface area contributed by atoms with Crippen LogP contribution in [-0.4, -0.2) is 52.6 Å². The quantitative estimate of drug-likeness (QED) is 0.225. The first kappa shape index (κ1) is 30.7. The Hall–Kier alpha value is 0.792. The average molecular weight is 346 g/mol. The summed E-state index contributed by atoms with van der Waals surface area (Å²) in [5.74, 6) is 0. The van der Waals surface area contributed by atoms with E-state index in [-0.39, 0.29) is 37.4 Å².